The Morgan fingerprint density at radius 2 is 2.05 bits per heavy atom. The standard InChI is InChI=1S/C17H24O4/c1-10(18)21-13-8-11-12(9-20-15(11)19)17(4)7-5-6-16(2,3)14(13)17/h8,12-14H,5-7,9H2,1-4H3/t12-,13-,14-,17+/m1/s1. The highest BCUT2D eigenvalue weighted by atomic mass is 16.5. The number of hydrogen-bond acceptors (Lipinski definition) is 4. The van der Waals surface area contributed by atoms with Crippen LogP contribution in [0.15, 0.2) is 11.6 Å². The number of fused-ring (bicyclic) bond motifs is 3. The van der Waals surface area contributed by atoms with Crippen LogP contribution in [0.3, 0.4) is 0 Å². The maximum atomic E-state index is 12.0. The van der Waals surface area contributed by atoms with Gasteiger partial charge in [-0.2, -0.15) is 0 Å². The first-order valence-electron chi connectivity index (χ1n) is 7.82. The van der Waals surface area contributed by atoms with E-state index in [9.17, 15) is 9.59 Å². The minimum absolute atomic E-state index is 0.0435. The lowest BCUT2D eigenvalue weighted by Crippen LogP contribution is -2.55. The summed E-state index contributed by atoms with van der Waals surface area (Å²) in [6, 6.07) is 0. The van der Waals surface area contributed by atoms with E-state index < -0.39 is 0 Å². The number of cyclic esters (lactones) is 1. The van der Waals surface area contributed by atoms with Crippen molar-refractivity contribution in [3.05, 3.63) is 11.6 Å². The van der Waals surface area contributed by atoms with E-state index in [1.165, 1.54) is 6.92 Å². The van der Waals surface area contributed by atoms with Crippen molar-refractivity contribution in [2.75, 3.05) is 6.61 Å². The van der Waals surface area contributed by atoms with Gasteiger partial charge in [-0.05, 0) is 29.7 Å². The minimum atomic E-state index is -0.320. The molecule has 1 aliphatic heterocycles. The summed E-state index contributed by atoms with van der Waals surface area (Å²) in [7, 11) is 0. The summed E-state index contributed by atoms with van der Waals surface area (Å²) < 4.78 is 10.9. The van der Waals surface area contributed by atoms with Crippen molar-refractivity contribution in [3.63, 3.8) is 0 Å². The Bertz CT molecular complexity index is 519. The van der Waals surface area contributed by atoms with E-state index in [0.717, 1.165) is 24.8 Å². The van der Waals surface area contributed by atoms with Crippen LogP contribution < -0.4 is 0 Å². The largest absolute Gasteiger partial charge is 0.462 e. The molecule has 4 nitrogen and oxygen atoms in total. The van der Waals surface area contributed by atoms with E-state index in [4.69, 9.17) is 9.47 Å². The van der Waals surface area contributed by atoms with Crippen molar-refractivity contribution >= 4 is 11.9 Å². The molecule has 4 atom stereocenters. The zero-order valence-electron chi connectivity index (χ0n) is 13.3. The maximum absolute atomic E-state index is 12.0. The molecule has 2 aliphatic carbocycles. The van der Waals surface area contributed by atoms with E-state index in [1.807, 2.05) is 6.08 Å². The second-order valence-electron chi connectivity index (χ2n) is 7.67. The van der Waals surface area contributed by atoms with Crippen molar-refractivity contribution in [3.8, 4) is 0 Å². The van der Waals surface area contributed by atoms with E-state index in [2.05, 4.69) is 20.8 Å². The molecule has 0 aromatic heterocycles. The quantitative estimate of drug-likeness (QED) is 0.697. The van der Waals surface area contributed by atoms with E-state index >= 15 is 0 Å². The molecule has 0 amide bonds. The SMILES string of the molecule is CC(=O)O[C@@H]1C=C2C(=O)OC[C@H]2[C@]2(C)CCCC(C)(C)[C@@H]12. The molecule has 1 heterocycles. The molecule has 0 radical (unpaired) electrons. The molecule has 0 aromatic rings. The average molecular weight is 292 g/mol. The Hall–Kier alpha value is -1.32. The molecule has 116 valence electrons. The van der Waals surface area contributed by atoms with Crippen molar-refractivity contribution in [1.82, 2.24) is 0 Å². The molecule has 3 aliphatic rings. The minimum Gasteiger partial charge on any atom is -0.462 e. The van der Waals surface area contributed by atoms with Crippen molar-refractivity contribution in [1.29, 1.82) is 0 Å². The first-order valence-corrected chi connectivity index (χ1v) is 7.82. The van der Waals surface area contributed by atoms with Gasteiger partial charge in [0.15, 0.2) is 0 Å². The highest BCUT2D eigenvalue weighted by Gasteiger charge is 2.59. The molecule has 0 spiro atoms. The predicted octanol–water partition coefficient (Wildman–Crippen LogP) is 2.86. The van der Waals surface area contributed by atoms with Crippen LogP contribution in [0.1, 0.15) is 47.0 Å². The maximum Gasteiger partial charge on any atom is 0.334 e. The topological polar surface area (TPSA) is 52.6 Å². The molecule has 4 heteroatoms. The zero-order chi connectivity index (χ0) is 15.4. The van der Waals surface area contributed by atoms with Crippen LogP contribution >= 0.6 is 0 Å². The Balaban J connectivity index is 2.09. The summed E-state index contributed by atoms with van der Waals surface area (Å²) in [6.45, 7) is 8.66. The summed E-state index contributed by atoms with van der Waals surface area (Å²) in [6.07, 6.45) is 4.86. The third kappa shape index (κ3) is 2.11. The molecule has 0 aromatic carbocycles. The van der Waals surface area contributed by atoms with Crippen LogP contribution in [0.5, 0.6) is 0 Å². The Labute approximate surface area is 125 Å². The average Bonchev–Trinajstić information content (AvgIpc) is 2.69. The first-order chi connectivity index (χ1) is 9.75. The highest BCUT2D eigenvalue weighted by Crippen LogP contribution is 2.61. The first kappa shape index (κ1) is 14.6. The van der Waals surface area contributed by atoms with Crippen LogP contribution in [-0.4, -0.2) is 24.6 Å². The molecule has 0 bridgehead atoms. The number of hydrogen-bond donors (Lipinski definition) is 0. The van der Waals surface area contributed by atoms with Crippen LogP contribution in [-0.2, 0) is 19.1 Å². The monoisotopic (exact) mass is 292 g/mol. The van der Waals surface area contributed by atoms with Gasteiger partial charge in [0.2, 0.25) is 0 Å². The lowest BCUT2D eigenvalue weighted by Gasteiger charge is -2.57. The second-order valence-corrected chi connectivity index (χ2v) is 7.67. The lowest BCUT2D eigenvalue weighted by molar-refractivity contribution is -0.160. The summed E-state index contributed by atoms with van der Waals surface area (Å²) >= 11 is 0. The smallest absolute Gasteiger partial charge is 0.334 e. The third-order valence-corrected chi connectivity index (χ3v) is 5.85. The van der Waals surface area contributed by atoms with E-state index in [-0.39, 0.29) is 40.7 Å². The van der Waals surface area contributed by atoms with Crippen LogP contribution in [0, 0.1) is 22.7 Å². The van der Waals surface area contributed by atoms with Gasteiger partial charge >= 0.3 is 11.9 Å². The normalized spacial score (nSPS) is 40.7. The van der Waals surface area contributed by atoms with Gasteiger partial charge in [0.1, 0.15) is 6.10 Å². The summed E-state index contributed by atoms with van der Waals surface area (Å²) in [5.41, 5.74) is 0.761. The summed E-state index contributed by atoms with van der Waals surface area (Å²) in [4.78, 5) is 23.5. The number of carbonyl (C=O) groups is 2. The fourth-order valence-corrected chi connectivity index (χ4v) is 5.11. The van der Waals surface area contributed by atoms with Gasteiger partial charge in [0.25, 0.3) is 0 Å². The fourth-order valence-electron chi connectivity index (χ4n) is 5.11. The number of ether oxygens (including phenoxy) is 2. The van der Waals surface area contributed by atoms with Gasteiger partial charge in [0, 0.05) is 24.3 Å². The van der Waals surface area contributed by atoms with E-state index in [0.29, 0.717) is 6.61 Å². The predicted molar refractivity (Wildman–Crippen MR) is 77.3 cm³/mol. The molecule has 1 saturated carbocycles. The molecule has 2 fully saturated rings. The molecule has 0 N–H and O–H groups in total. The van der Waals surface area contributed by atoms with Crippen LogP contribution in [0.4, 0.5) is 0 Å². The number of rotatable bonds is 1. The molecule has 3 rings (SSSR count). The fraction of sp³-hybridized carbons (Fsp3) is 0.765. The van der Waals surface area contributed by atoms with Crippen LogP contribution in [0.25, 0.3) is 0 Å². The number of carbonyl (C=O) groups excluding carboxylic acids is 2. The molecule has 1 saturated heterocycles. The lowest BCUT2D eigenvalue weighted by atomic mass is 9.48. The molecule has 21 heavy (non-hydrogen) atoms. The van der Waals surface area contributed by atoms with Gasteiger partial charge in [-0.25, -0.2) is 4.79 Å². The molecular formula is C17H24O4. The highest BCUT2D eigenvalue weighted by molar-refractivity contribution is 5.91. The van der Waals surface area contributed by atoms with Gasteiger partial charge in [-0.3, -0.25) is 4.79 Å². The Morgan fingerprint density at radius 3 is 2.71 bits per heavy atom. The summed E-state index contributed by atoms with van der Waals surface area (Å²) in [5.74, 6) is -0.155. The second kappa shape index (κ2) is 4.59. The summed E-state index contributed by atoms with van der Waals surface area (Å²) in [5, 5.41) is 0. The van der Waals surface area contributed by atoms with Crippen LogP contribution in [0.2, 0.25) is 0 Å². The van der Waals surface area contributed by atoms with Gasteiger partial charge in [0.05, 0.1) is 6.61 Å². The number of esters is 2. The van der Waals surface area contributed by atoms with Gasteiger partial charge < -0.3 is 9.47 Å². The van der Waals surface area contributed by atoms with E-state index in [1.54, 1.807) is 0 Å². The van der Waals surface area contributed by atoms with Gasteiger partial charge in [-0.1, -0.05) is 27.2 Å². The molecular weight excluding hydrogens is 268 g/mol. The zero-order valence-corrected chi connectivity index (χ0v) is 13.3. The Morgan fingerprint density at radius 1 is 1.33 bits per heavy atom. The third-order valence-electron chi connectivity index (χ3n) is 5.85. The van der Waals surface area contributed by atoms with Crippen molar-refractivity contribution < 1.29 is 19.1 Å². The van der Waals surface area contributed by atoms with Gasteiger partial charge in [-0.15, -0.1) is 0 Å². The molecule has 0 unspecified atom stereocenters. The van der Waals surface area contributed by atoms with Crippen molar-refractivity contribution in [2.24, 2.45) is 22.7 Å². The van der Waals surface area contributed by atoms with Crippen molar-refractivity contribution in [2.45, 2.75) is 53.1 Å². The Kier molecular flexibility index (Phi) is 3.19.